The summed E-state index contributed by atoms with van der Waals surface area (Å²) in [5.74, 6) is -0.783. The molecule has 1 N–H and O–H groups in total. The number of hydrogen-bond donors (Lipinski definition) is 1. The van der Waals surface area contributed by atoms with Crippen molar-refractivity contribution in [3.05, 3.63) is 63.7 Å². The summed E-state index contributed by atoms with van der Waals surface area (Å²) in [6, 6.07) is 11.0. The lowest BCUT2D eigenvalue weighted by molar-refractivity contribution is -0.125. The van der Waals surface area contributed by atoms with Gasteiger partial charge in [0, 0.05) is 17.1 Å². The molecule has 1 amide bonds. The van der Waals surface area contributed by atoms with Crippen molar-refractivity contribution in [2.45, 2.75) is 39.2 Å². The molecular formula is C20H20ClNO3. The highest BCUT2D eigenvalue weighted by atomic mass is 35.5. The Kier molecular flexibility index (Phi) is 5.09. The zero-order chi connectivity index (χ0) is 18.0. The van der Waals surface area contributed by atoms with E-state index in [1.54, 1.807) is 12.1 Å². The molecule has 4 nitrogen and oxygen atoms in total. The molecule has 130 valence electrons. The molecule has 2 aromatic carbocycles. The van der Waals surface area contributed by atoms with Crippen LogP contribution in [0, 0.1) is 0 Å². The second kappa shape index (κ2) is 7.28. The number of rotatable bonds is 4. The predicted octanol–water partition coefficient (Wildman–Crippen LogP) is 4.19. The fraction of sp³-hybridized carbons (Fsp3) is 0.300. The molecule has 0 fully saturated rings. The van der Waals surface area contributed by atoms with Gasteiger partial charge in [0.2, 0.25) is 0 Å². The number of cyclic esters (lactones) is 1. The molecular weight excluding hydrogens is 338 g/mol. The van der Waals surface area contributed by atoms with E-state index >= 15 is 0 Å². The third-order valence-corrected chi connectivity index (χ3v) is 4.86. The average molecular weight is 358 g/mol. The van der Waals surface area contributed by atoms with Gasteiger partial charge in [0.25, 0.3) is 5.91 Å². The number of nitrogens with one attached hydrogen (secondary N) is 1. The van der Waals surface area contributed by atoms with E-state index in [9.17, 15) is 9.59 Å². The highest BCUT2D eigenvalue weighted by Crippen LogP contribution is 2.30. The first kappa shape index (κ1) is 17.5. The van der Waals surface area contributed by atoms with Crippen LogP contribution < -0.4 is 5.32 Å². The average Bonchev–Trinajstić information content (AvgIpc) is 2.62. The van der Waals surface area contributed by atoms with Gasteiger partial charge in [-0.3, -0.25) is 4.79 Å². The molecule has 0 unspecified atom stereocenters. The number of hydrogen-bond acceptors (Lipinski definition) is 3. The minimum absolute atomic E-state index is 0.325. The van der Waals surface area contributed by atoms with Gasteiger partial charge in [-0.25, -0.2) is 4.79 Å². The van der Waals surface area contributed by atoms with E-state index in [2.05, 4.69) is 5.32 Å². The Morgan fingerprint density at radius 1 is 1.20 bits per heavy atom. The van der Waals surface area contributed by atoms with Gasteiger partial charge >= 0.3 is 5.97 Å². The van der Waals surface area contributed by atoms with Crippen molar-refractivity contribution in [3.63, 3.8) is 0 Å². The lowest BCUT2D eigenvalue weighted by Crippen LogP contribution is -2.38. The SMILES string of the molecule is CCc1ccc(Cl)c(CC)c1NC(=O)[C@@H]1Cc2ccccc2C(=O)O1. The van der Waals surface area contributed by atoms with E-state index in [4.69, 9.17) is 16.3 Å². The Labute approximate surface area is 152 Å². The molecule has 0 saturated carbocycles. The van der Waals surface area contributed by atoms with Gasteiger partial charge in [0.15, 0.2) is 6.10 Å². The molecule has 0 saturated heterocycles. The summed E-state index contributed by atoms with van der Waals surface area (Å²) in [5, 5.41) is 3.57. The zero-order valence-corrected chi connectivity index (χ0v) is 15.0. The number of carbonyl (C=O) groups excluding carboxylic acids is 2. The van der Waals surface area contributed by atoms with Crippen molar-refractivity contribution in [3.8, 4) is 0 Å². The molecule has 1 aliphatic heterocycles. The van der Waals surface area contributed by atoms with Crippen molar-refractivity contribution >= 4 is 29.2 Å². The lowest BCUT2D eigenvalue weighted by Gasteiger charge is -2.25. The highest BCUT2D eigenvalue weighted by molar-refractivity contribution is 6.32. The summed E-state index contributed by atoms with van der Waals surface area (Å²) < 4.78 is 5.34. The maximum absolute atomic E-state index is 12.7. The standard InChI is InChI=1S/C20H20ClNO3/c1-3-12-9-10-16(21)14(4-2)18(12)22-19(23)17-11-13-7-5-6-8-15(13)20(24)25-17/h5-10,17H,3-4,11H2,1-2H3,(H,22,23)/t17-/m0/s1. The summed E-state index contributed by atoms with van der Waals surface area (Å²) in [6.45, 7) is 4.02. The van der Waals surface area contributed by atoms with Crippen LogP contribution in [0.2, 0.25) is 5.02 Å². The number of fused-ring (bicyclic) bond motifs is 1. The first-order valence-electron chi connectivity index (χ1n) is 8.45. The van der Waals surface area contributed by atoms with Crippen molar-refractivity contribution in [1.82, 2.24) is 0 Å². The summed E-state index contributed by atoms with van der Waals surface area (Å²) in [4.78, 5) is 24.9. The van der Waals surface area contributed by atoms with Crippen molar-refractivity contribution < 1.29 is 14.3 Å². The number of aryl methyl sites for hydroxylation is 1. The van der Waals surface area contributed by atoms with E-state index in [-0.39, 0.29) is 5.91 Å². The minimum Gasteiger partial charge on any atom is -0.448 e. The Morgan fingerprint density at radius 3 is 2.68 bits per heavy atom. The van der Waals surface area contributed by atoms with Crippen LogP contribution >= 0.6 is 11.6 Å². The molecule has 1 aliphatic rings. The van der Waals surface area contributed by atoms with E-state index in [0.717, 1.165) is 28.8 Å². The van der Waals surface area contributed by atoms with Crippen molar-refractivity contribution in [1.29, 1.82) is 0 Å². The van der Waals surface area contributed by atoms with Gasteiger partial charge in [-0.15, -0.1) is 0 Å². The van der Waals surface area contributed by atoms with Gasteiger partial charge in [0.1, 0.15) is 0 Å². The Balaban J connectivity index is 1.87. The second-order valence-electron chi connectivity index (χ2n) is 6.01. The van der Waals surface area contributed by atoms with Crippen LogP contribution in [-0.4, -0.2) is 18.0 Å². The number of anilines is 1. The van der Waals surface area contributed by atoms with Gasteiger partial charge in [0.05, 0.1) is 5.56 Å². The van der Waals surface area contributed by atoms with Gasteiger partial charge in [-0.05, 0) is 41.7 Å². The molecule has 1 atom stereocenters. The normalized spacial score (nSPS) is 16.1. The van der Waals surface area contributed by atoms with Crippen LogP contribution in [0.15, 0.2) is 36.4 Å². The lowest BCUT2D eigenvalue weighted by atomic mass is 9.97. The third-order valence-electron chi connectivity index (χ3n) is 4.51. The molecule has 25 heavy (non-hydrogen) atoms. The van der Waals surface area contributed by atoms with E-state index in [0.29, 0.717) is 23.4 Å². The fourth-order valence-electron chi connectivity index (χ4n) is 3.15. The second-order valence-corrected chi connectivity index (χ2v) is 6.42. The molecule has 3 rings (SSSR count). The smallest absolute Gasteiger partial charge is 0.339 e. The van der Waals surface area contributed by atoms with Crippen LogP contribution in [0.3, 0.4) is 0 Å². The number of esters is 1. The van der Waals surface area contributed by atoms with Gasteiger partial charge in [-0.1, -0.05) is 49.7 Å². The van der Waals surface area contributed by atoms with Crippen LogP contribution in [0.25, 0.3) is 0 Å². The predicted molar refractivity (Wildman–Crippen MR) is 98.2 cm³/mol. The largest absolute Gasteiger partial charge is 0.448 e. The molecule has 0 bridgehead atoms. The first-order chi connectivity index (χ1) is 12.0. The molecule has 1 heterocycles. The van der Waals surface area contributed by atoms with Crippen LogP contribution in [0.5, 0.6) is 0 Å². The highest BCUT2D eigenvalue weighted by Gasteiger charge is 2.31. The van der Waals surface area contributed by atoms with E-state index in [1.165, 1.54) is 0 Å². The summed E-state index contributed by atoms with van der Waals surface area (Å²) in [6.07, 6.45) is 1.01. The topological polar surface area (TPSA) is 55.4 Å². The van der Waals surface area contributed by atoms with E-state index in [1.807, 2.05) is 38.1 Å². The van der Waals surface area contributed by atoms with Crippen molar-refractivity contribution in [2.24, 2.45) is 0 Å². The Morgan fingerprint density at radius 2 is 1.96 bits per heavy atom. The molecule has 2 aromatic rings. The summed E-state index contributed by atoms with van der Waals surface area (Å²) in [7, 11) is 0. The fourth-order valence-corrected chi connectivity index (χ4v) is 3.44. The maximum atomic E-state index is 12.7. The van der Waals surface area contributed by atoms with E-state index < -0.39 is 12.1 Å². The molecule has 5 heteroatoms. The quantitative estimate of drug-likeness (QED) is 0.835. The Hall–Kier alpha value is -2.33. The number of benzene rings is 2. The Bertz CT molecular complexity index is 832. The number of carbonyl (C=O) groups is 2. The molecule has 0 radical (unpaired) electrons. The van der Waals surface area contributed by atoms with Gasteiger partial charge < -0.3 is 10.1 Å². The minimum atomic E-state index is -0.837. The number of halogens is 1. The number of ether oxygens (including phenoxy) is 1. The first-order valence-corrected chi connectivity index (χ1v) is 8.82. The van der Waals surface area contributed by atoms with Crippen LogP contribution in [0.4, 0.5) is 5.69 Å². The molecule has 0 aliphatic carbocycles. The van der Waals surface area contributed by atoms with Gasteiger partial charge in [-0.2, -0.15) is 0 Å². The van der Waals surface area contributed by atoms with Crippen molar-refractivity contribution in [2.75, 3.05) is 5.32 Å². The summed E-state index contributed by atoms with van der Waals surface area (Å²) in [5.41, 5.74) is 4.00. The molecule has 0 aromatic heterocycles. The van der Waals surface area contributed by atoms with Crippen LogP contribution in [-0.2, 0) is 28.8 Å². The summed E-state index contributed by atoms with van der Waals surface area (Å²) >= 11 is 6.28. The molecule has 0 spiro atoms. The maximum Gasteiger partial charge on any atom is 0.339 e. The number of amides is 1. The zero-order valence-electron chi connectivity index (χ0n) is 14.3. The monoisotopic (exact) mass is 357 g/mol. The van der Waals surface area contributed by atoms with Crippen LogP contribution in [0.1, 0.15) is 40.9 Å². The third kappa shape index (κ3) is 3.40.